The molecule has 3 rings (SSSR count). The number of alkyl halides is 3. The van der Waals surface area contributed by atoms with Crippen molar-refractivity contribution >= 4 is 0 Å². The van der Waals surface area contributed by atoms with E-state index in [0.29, 0.717) is 11.8 Å². The lowest BCUT2D eigenvalue weighted by molar-refractivity contribution is -0.137. The molecule has 0 aliphatic rings. The van der Waals surface area contributed by atoms with Crippen LogP contribution in [0.15, 0.2) is 65.7 Å². The smallest absolute Gasteiger partial charge is 0.295 e. The van der Waals surface area contributed by atoms with E-state index in [0.717, 1.165) is 22.3 Å². The minimum absolute atomic E-state index is 0.0312. The Morgan fingerprint density at radius 3 is 2.36 bits per heavy atom. The third-order valence-electron chi connectivity index (χ3n) is 3.59. The van der Waals surface area contributed by atoms with Crippen LogP contribution in [-0.2, 0) is 12.7 Å². The molecule has 1 aromatic heterocycles. The lowest BCUT2D eigenvalue weighted by Gasteiger charge is -2.11. The largest absolute Gasteiger partial charge is 0.416 e. The molecule has 0 spiro atoms. The van der Waals surface area contributed by atoms with Crippen molar-refractivity contribution in [3.63, 3.8) is 0 Å². The Kier molecular flexibility index (Phi) is 4.39. The van der Waals surface area contributed by atoms with Gasteiger partial charge in [-0.3, -0.25) is 9.36 Å². The van der Waals surface area contributed by atoms with Crippen LogP contribution >= 0.6 is 0 Å². The quantitative estimate of drug-likeness (QED) is 0.668. The molecule has 0 aliphatic carbocycles. The number of rotatable bonds is 3. The Bertz CT molecular complexity index is 949. The van der Waals surface area contributed by atoms with Gasteiger partial charge < -0.3 is 0 Å². The van der Waals surface area contributed by atoms with Gasteiger partial charge in [-0.05, 0) is 23.8 Å². The number of nitrogens with zero attached hydrogens (tertiary/aromatic N) is 2. The first-order chi connectivity index (χ1) is 11.8. The van der Waals surface area contributed by atoms with Gasteiger partial charge in [0, 0.05) is 11.6 Å². The molecule has 0 aliphatic heterocycles. The predicted octanol–water partition coefficient (Wildman–Crippen LogP) is 4.12. The molecular formula is C18H12F4N2O. The van der Waals surface area contributed by atoms with E-state index in [1.54, 1.807) is 24.3 Å². The van der Waals surface area contributed by atoms with E-state index in [9.17, 15) is 22.4 Å². The zero-order chi connectivity index (χ0) is 18.0. The summed E-state index contributed by atoms with van der Waals surface area (Å²) in [6.07, 6.45) is -3.42. The second kappa shape index (κ2) is 6.51. The Labute approximate surface area is 140 Å². The molecule has 0 fully saturated rings. The normalized spacial score (nSPS) is 11.5. The molecule has 3 nitrogen and oxygen atoms in total. The van der Waals surface area contributed by atoms with E-state index in [2.05, 4.69) is 4.98 Å². The van der Waals surface area contributed by atoms with Gasteiger partial charge in [-0.2, -0.15) is 13.2 Å². The summed E-state index contributed by atoms with van der Waals surface area (Å²) in [4.78, 5) is 16.3. The number of hydrogen-bond donors (Lipinski definition) is 0. The molecule has 0 bridgehead atoms. The lowest BCUT2D eigenvalue weighted by atomic mass is 10.1. The van der Waals surface area contributed by atoms with Gasteiger partial charge in [0.1, 0.15) is 5.82 Å². The lowest BCUT2D eigenvalue weighted by Crippen LogP contribution is -2.20. The molecule has 1 heterocycles. The van der Waals surface area contributed by atoms with Crippen molar-refractivity contribution in [1.29, 1.82) is 0 Å². The molecule has 0 unspecified atom stereocenters. The van der Waals surface area contributed by atoms with Crippen molar-refractivity contribution in [2.45, 2.75) is 12.7 Å². The van der Waals surface area contributed by atoms with Crippen LogP contribution in [0.5, 0.6) is 0 Å². The van der Waals surface area contributed by atoms with E-state index in [1.807, 2.05) is 6.07 Å². The van der Waals surface area contributed by atoms with Gasteiger partial charge in [-0.15, -0.1) is 0 Å². The summed E-state index contributed by atoms with van der Waals surface area (Å²) < 4.78 is 52.8. The Morgan fingerprint density at radius 1 is 1.00 bits per heavy atom. The van der Waals surface area contributed by atoms with E-state index in [1.165, 1.54) is 12.4 Å². The van der Waals surface area contributed by atoms with Gasteiger partial charge in [0.15, 0.2) is 0 Å². The SMILES string of the molecule is O=c1cc(-c2ccccc2)ncn1Cc1cc(F)cc(C(F)(F)F)c1. The van der Waals surface area contributed by atoms with Crippen LogP contribution in [0.25, 0.3) is 11.3 Å². The highest BCUT2D eigenvalue weighted by Crippen LogP contribution is 2.30. The Balaban J connectivity index is 1.92. The fourth-order valence-corrected chi connectivity index (χ4v) is 2.41. The van der Waals surface area contributed by atoms with Crippen molar-refractivity contribution < 1.29 is 17.6 Å². The zero-order valence-electron chi connectivity index (χ0n) is 12.8. The van der Waals surface area contributed by atoms with Gasteiger partial charge in [-0.25, -0.2) is 9.37 Å². The molecule has 0 saturated heterocycles. The van der Waals surface area contributed by atoms with Crippen LogP contribution in [0.3, 0.4) is 0 Å². The topological polar surface area (TPSA) is 34.9 Å². The standard InChI is InChI=1S/C18H12F4N2O/c19-15-7-12(6-14(8-15)18(20,21)22)10-24-11-23-16(9-17(24)25)13-4-2-1-3-5-13/h1-9,11H,10H2. The minimum atomic E-state index is -4.66. The second-order valence-electron chi connectivity index (χ2n) is 5.45. The van der Waals surface area contributed by atoms with E-state index in [4.69, 9.17) is 0 Å². The van der Waals surface area contributed by atoms with Crippen molar-refractivity contribution in [2.24, 2.45) is 0 Å². The number of hydrogen-bond acceptors (Lipinski definition) is 2. The molecule has 0 amide bonds. The number of halogens is 4. The molecule has 3 aromatic rings. The van der Waals surface area contributed by atoms with Gasteiger partial charge in [0.25, 0.3) is 5.56 Å². The summed E-state index contributed by atoms with van der Waals surface area (Å²) in [7, 11) is 0. The summed E-state index contributed by atoms with van der Waals surface area (Å²) in [6.45, 7) is -0.207. The first kappa shape index (κ1) is 16.9. The van der Waals surface area contributed by atoms with Crippen molar-refractivity contribution in [2.75, 3.05) is 0 Å². The van der Waals surface area contributed by atoms with Crippen molar-refractivity contribution in [3.05, 3.63) is 88.2 Å². The van der Waals surface area contributed by atoms with Crippen molar-refractivity contribution in [1.82, 2.24) is 9.55 Å². The third-order valence-corrected chi connectivity index (χ3v) is 3.59. The summed E-state index contributed by atoms with van der Waals surface area (Å²) in [5.41, 5.74) is -0.297. The van der Waals surface area contributed by atoms with Gasteiger partial charge in [-0.1, -0.05) is 30.3 Å². The maximum atomic E-state index is 13.4. The fourth-order valence-electron chi connectivity index (χ4n) is 2.41. The number of benzene rings is 2. The zero-order valence-corrected chi connectivity index (χ0v) is 12.8. The van der Waals surface area contributed by atoms with Crippen LogP contribution in [0.1, 0.15) is 11.1 Å². The Hall–Kier alpha value is -2.96. The van der Waals surface area contributed by atoms with E-state index in [-0.39, 0.29) is 12.1 Å². The van der Waals surface area contributed by atoms with Crippen LogP contribution in [0, 0.1) is 5.82 Å². The summed E-state index contributed by atoms with van der Waals surface area (Å²) in [5.74, 6) is -1.01. The average Bonchev–Trinajstić information content (AvgIpc) is 2.56. The first-order valence-electron chi connectivity index (χ1n) is 7.31. The molecule has 7 heteroatoms. The molecule has 0 saturated carbocycles. The van der Waals surface area contributed by atoms with Crippen LogP contribution < -0.4 is 5.56 Å². The minimum Gasteiger partial charge on any atom is -0.295 e. The molecule has 0 atom stereocenters. The fraction of sp³-hybridized carbons (Fsp3) is 0.111. The Morgan fingerprint density at radius 2 is 1.72 bits per heavy atom. The van der Waals surface area contributed by atoms with E-state index < -0.39 is 23.1 Å². The molecular weight excluding hydrogens is 336 g/mol. The monoisotopic (exact) mass is 348 g/mol. The van der Waals surface area contributed by atoms with Crippen LogP contribution in [0.4, 0.5) is 17.6 Å². The van der Waals surface area contributed by atoms with Gasteiger partial charge in [0.05, 0.1) is 24.1 Å². The van der Waals surface area contributed by atoms with Crippen LogP contribution in [0.2, 0.25) is 0 Å². The summed E-state index contributed by atoms with van der Waals surface area (Å²) >= 11 is 0. The number of aromatic nitrogens is 2. The maximum Gasteiger partial charge on any atom is 0.416 e. The highest BCUT2D eigenvalue weighted by molar-refractivity contribution is 5.57. The van der Waals surface area contributed by atoms with Gasteiger partial charge >= 0.3 is 6.18 Å². The highest BCUT2D eigenvalue weighted by atomic mass is 19.4. The molecule has 2 aromatic carbocycles. The first-order valence-corrected chi connectivity index (χ1v) is 7.31. The summed E-state index contributed by atoms with van der Waals surface area (Å²) in [6, 6.07) is 12.5. The molecule has 25 heavy (non-hydrogen) atoms. The third kappa shape index (κ3) is 3.93. The molecule has 0 radical (unpaired) electrons. The van der Waals surface area contributed by atoms with Crippen LogP contribution in [-0.4, -0.2) is 9.55 Å². The maximum absolute atomic E-state index is 13.4. The van der Waals surface area contributed by atoms with E-state index >= 15 is 0 Å². The average molecular weight is 348 g/mol. The van der Waals surface area contributed by atoms with Crippen molar-refractivity contribution in [3.8, 4) is 11.3 Å². The highest BCUT2D eigenvalue weighted by Gasteiger charge is 2.31. The van der Waals surface area contributed by atoms with Gasteiger partial charge in [0.2, 0.25) is 0 Å². The molecule has 128 valence electrons. The predicted molar refractivity (Wildman–Crippen MR) is 84.4 cm³/mol. The molecule has 0 N–H and O–H groups in total. The summed E-state index contributed by atoms with van der Waals surface area (Å²) in [5, 5.41) is 0. The second-order valence-corrected chi connectivity index (χ2v) is 5.45.